The molecule has 0 bridgehead atoms. The van der Waals surface area contributed by atoms with Gasteiger partial charge in [0, 0.05) is 53.9 Å². The van der Waals surface area contributed by atoms with Crippen LogP contribution in [0.4, 0.5) is 0 Å². The van der Waals surface area contributed by atoms with E-state index in [4.69, 9.17) is 0 Å². The van der Waals surface area contributed by atoms with Crippen LogP contribution in [-0.2, 0) is 16.1 Å². The Morgan fingerprint density at radius 2 is 1.76 bits per heavy atom. The summed E-state index contributed by atoms with van der Waals surface area (Å²) in [4.78, 5) is 46.3. The van der Waals surface area contributed by atoms with E-state index in [0.29, 0.717) is 11.4 Å². The summed E-state index contributed by atoms with van der Waals surface area (Å²) in [6.07, 6.45) is 4.04. The maximum absolute atomic E-state index is 12.0. The lowest BCUT2D eigenvalue weighted by atomic mass is 10.1. The number of ketones is 2. The van der Waals surface area contributed by atoms with Crippen LogP contribution in [-0.4, -0.2) is 27.4 Å². The Kier molecular flexibility index (Phi) is 7.37. The molecule has 0 aliphatic rings. The highest BCUT2D eigenvalue weighted by Crippen LogP contribution is 2.21. The van der Waals surface area contributed by atoms with Gasteiger partial charge in [-0.25, -0.2) is 4.98 Å². The Labute approximate surface area is 177 Å². The van der Waals surface area contributed by atoms with Gasteiger partial charge >= 0.3 is 0 Å². The van der Waals surface area contributed by atoms with Gasteiger partial charge in [-0.1, -0.05) is 0 Å². The maximum atomic E-state index is 12.0. The predicted molar refractivity (Wildman–Crippen MR) is 114 cm³/mol. The molecule has 3 aromatic rings. The lowest BCUT2D eigenvalue weighted by Crippen LogP contribution is -2.23. The van der Waals surface area contributed by atoms with Crippen LogP contribution < -0.4 is 5.32 Å². The zero-order chi connectivity index (χ0) is 20.6. The molecule has 0 aliphatic heterocycles. The van der Waals surface area contributed by atoms with Gasteiger partial charge in [0.1, 0.15) is 10.8 Å². The van der Waals surface area contributed by atoms with Crippen molar-refractivity contribution in [2.75, 3.05) is 0 Å². The lowest BCUT2D eigenvalue weighted by molar-refractivity contribution is -0.125. The quantitative estimate of drug-likeness (QED) is 0.490. The number of carbonyl (C=O) groups excluding carboxylic acids is 3. The zero-order valence-corrected chi connectivity index (χ0v) is 17.6. The number of thiazole rings is 1. The van der Waals surface area contributed by atoms with Crippen molar-refractivity contribution in [2.24, 2.45) is 0 Å². The van der Waals surface area contributed by atoms with Crippen LogP contribution in [0.2, 0.25) is 0 Å². The number of aromatic nitrogens is 2. The third kappa shape index (κ3) is 6.40. The monoisotopic (exact) mass is 427 g/mol. The topological polar surface area (TPSA) is 89.0 Å². The third-order valence-electron chi connectivity index (χ3n) is 4.24. The fourth-order valence-corrected chi connectivity index (χ4v) is 4.23. The number of thiophene rings is 1. The van der Waals surface area contributed by atoms with Crippen LogP contribution in [0.3, 0.4) is 0 Å². The number of carbonyl (C=O) groups is 3. The molecule has 0 radical (unpaired) electrons. The number of Topliss-reactive ketones (excluding diaryl/α,β-unsaturated/α-hetero) is 2. The van der Waals surface area contributed by atoms with Gasteiger partial charge in [0.25, 0.3) is 0 Å². The number of hydrogen-bond donors (Lipinski definition) is 1. The van der Waals surface area contributed by atoms with Gasteiger partial charge in [0.15, 0.2) is 5.78 Å². The molecular weight excluding hydrogens is 406 g/mol. The summed E-state index contributed by atoms with van der Waals surface area (Å²) in [7, 11) is 0. The molecule has 3 aromatic heterocycles. The SMILES string of the molecule is Cc1ccc(C(=O)CCC(=O)CCC(=O)NCc2nc(-c3ccncc3)cs2)s1. The Hall–Kier alpha value is -2.71. The standard InChI is InChI=1S/C21H21N3O3S2/c1-14-2-6-19(29-14)18(26)5-3-16(25)4-7-20(27)23-12-21-24-17(13-28-21)15-8-10-22-11-9-15/h2,6,8-11,13H,3-5,7,12H2,1H3,(H,23,27). The van der Waals surface area contributed by atoms with Crippen LogP contribution >= 0.6 is 22.7 Å². The van der Waals surface area contributed by atoms with E-state index >= 15 is 0 Å². The van der Waals surface area contributed by atoms with E-state index in [-0.39, 0.29) is 43.2 Å². The van der Waals surface area contributed by atoms with Gasteiger partial charge in [-0.05, 0) is 31.2 Å². The minimum Gasteiger partial charge on any atom is -0.350 e. The molecule has 0 atom stereocenters. The number of pyridine rings is 1. The van der Waals surface area contributed by atoms with Gasteiger partial charge in [0.05, 0.1) is 17.1 Å². The lowest BCUT2D eigenvalue weighted by Gasteiger charge is -2.03. The maximum Gasteiger partial charge on any atom is 0.220 e. The smallest absolute Gasteiger partial charge is 0.220 e. The molecule has 1 amide bonds. The number of nitrogens with one attached hydrogen (secondary N) is 1. The number of rotatable bonds is 10. The summed E-state index contributed by atoms with van der Waals surface area (Å²) in [6.45, 7) is 2.27. The largest absolute Gasteiger partial charge is 0.350 e. The van der Waals surface area contributed by atoms with Crippen molar-refractivity contribution in [1.29, 1.82) is 0 Å². The minimum atomic E-state index is -0.195. The van der Waals surface area contributed by atoms with Gasteiger partial charge in [-0.2, -0.15) is 0 Å². The summed E-state index contributed by atoms with van der Waals surface area (Å²) in [5, 5.41) is 5.53. The minimum absolute atomic E-state index is 0.0188. The molecule has 0 spiro atoms. The number of hydrogen-bond acceptors (Lipinski definition) is 7. The summed E-state index contributed by atoms with van der Waals surface area (Å²) in [5.74, 6) is -0.287. The first-order chi connectivity index (χ1) is 14.0. The van der Waals surface area contributed by atoms with Crippen molar-refractivity contribution in [1.82, 2.24) is 15.3 Å². The van der Waals surface area contributed by atoms with Crippen molar-refractivity contribution in [3.8, 4) is 11.3 Å². The molecule has 150 valence electrons. The van der Waals surface area contributed by atoms with Crippen molar-refractivity contribution in [3.05, 3.63) is 56.8 Å². The highest BCUT2D eigenvalue weighted by Gasteiger charge is 2.13. The molecule has 0 aliphatic carbocycles. The summed E-state index contributed by atoms with van der Waals surface area (Å²) < 4.78 is 0. The second kappa shape index (κ2) is 10.2. The molecule has 3 heterocycles. The highest BCUT2D eigenvalue weighted by molar-refractivity contribution is 7.14. The van der Waals surface area contributed by atoms with Gasteiger partial charge in [0.2, 0.25) is 5.91 Å². The summed E-state index contributed by atoms with van der Waals surface area (Å²) in [6, 6.07) is 7.45. The van der Waals surface area contributed by atoms with E-state index in [1.54, 1.807) is 18.5 Å². The van der Waals surface area contributed by atoms with Crippen LogP contribution in [0.25, 0.3) is 11.3 Å². The summed E-state index contributed by atoms with van der Waals surface area (Å²) >= 11 is 2.91. The van der Waals surface area contributed by atoms with Crippen LogP contribution in [0.5, 0.6) is 0 Å². The molecular formula is C21H21N3O3S2. The number of nitrogens with zero attached hydrogens (tertiary/aromatic N) is 2. The van der Waals surface area contributed by atoms with Crippen LogP contribution in [0.15, 0.2) is 42.0 Å². The first-order valence-electron chi connectivity index (χ1n) is 9.24. The Morgan fingerprint density at radius 1 is 1.00 bits per heavy atom. The van der Waals surface area contributed by atoms with E-state index in [9.17, 15) is 14.4 Å². The summed E-state index contributed by atoms with van der Waals surface area (Å²) in [5.41, 5.74) is 1.83. The second-order valence-electron chi connectivity index (χ2n) is 6.51. The fourth-order valence-electron chi connectivity index (χ4n) is 2.65. The second-order valence-corrected chi connectivity index (χ2v) is 8.74. The first kappa shape index (κ1) is 21.0. The highest BCUT2D eigenvalue weighted by atomic mass is 32.1. The molecule has 3 rings (SSSR count). The molecule has 1 N–H and O–H groups in total. The van der Waals surface area contributed by atoms with Crippen LogP contribution in [0, 0.1) is 6.92 Å². The normalized spacial score (nSPS) is 10.7. The van der Waals surface area contributed by atoms with Crippen LogP contribution in [0.1, 0.15) is 45.2 Å². The van der Waals surface area contributed by atoms with E-state index in [1.807, 2.05) is 30.5 Å². The average Bonchev–Trinajstić information content (AvgIpc) is 3.38. The first-order valence-corrected chi connectivity index (χ1v) is 10.9. The average molecular weight is 428 g/mol. The van der Waals surface area contributed by atoms with Gasteiger partial charge in [-0.3, -0.25) is 19.4 Å². The molecule has 29 heavy (non-hydrogen) atoms. The Balaban J connectivity index is 1.36. The Morgan fingerprint density at radius 3 is 2.48 bits per heavy atom. The molecule has 6 nitrogen and oxygen atoms in total. The number of amides is 1. The van der Waals surface area contributed by atoms with E-state index in [1.165, 1.54) is 22.7 Å². The van der Waals surface area contributed by atoms with E-state index in [0.717, 1.165) is 21.1 Å². The van der Waals surface area contributed by atoms with E-state index in [2.05, 4.69) is 15.3 Å². The molecule has 0 saturated heterocycles. The molecule has 8 heteroatoms. The zero-order valence-electron chi connectivity index (χ0n) is 16.0. The molecule has 0 aromatic carbocycles. The van der Waals surface area contributed by atoms with Crippen molar-refractivity contribution < 1.29 is 14.4 Å². The Bertz CT molecular complexity index is 996. The molecule has 0 fully saturated rings. The third-order valence-corrected chi connectivity index (χ3v) is 6.13. The molecule has 0 unspecified atom stereocenters. The molecule has 0 saturated carbocycles. The van der Waals surface area contributed by atoms with Gasteiger partial charge in [-0.15, -0.1) is 22.7 Å². The van der Waals surface area contributed by atoms with Crippen molar-refractivity contribution in [3.63, 3.8) is 0 Å². The van der Waals surface area contributed by atoms with E-state index < -0.39 is 0 Å². The number of aryl methyl sites for hydroxylation is 1. The predicted octanol–water partition coefficient (Wildman–Crippen LogP) is 4.20. The van der Waals surface area contributed by atoms with Gasteiger partial charge < -0.3 is 5.32 Å². The van der Waals surface area contributed by atoms with Crippen molar-refractivity contribution >= 4 is 40.1 Å². The van der Waals surface area contributed by atoms with Crippen molar-refractivity contribution in [2.45, 2.75) is 39.2 Å². The fraction of sp³-hybridized carbons (Fsp3) is 0.286.